The number of nitrogens with one attached hydrogen (secondary N) is 1. The monoisotopic (exact) mass is 409 g/mol. The third-order valence-electron chi connectivity index (χ3n) is 5.07. The molecule has 4 rings (SSSR count). The summed E-state index contributed by atoms with van der Waals surface area (Å²) < 4.78 is 1.64. The molecule has 0 saturated carbocycles. The quantitative estimate of drug-likeness (QED) is 0.576. The lowest BCUT2D eigenvalue weighted by Crippen LogP contribution is -2.49. The number of rotatable bonds is 6. The number of aliphatic hydroxyl groups excluding tert-OH is 1. The predicted molar refractivity (Wildman–Crippen MR) is 109 cm³/mol. The van der Waals surface area contributed by atoms with Crippen molar-refractivity contribution in [2.45, 2.75) is 6.42 Å². The highest BCUT2D eigenvalue weighted by atomic mass is 16.3. The van der Waals surface area contributed by atoms with Crippen molar-refractivity contribution in [3.63, 3.8) is 0 Å². The zero-order valence-corrected chi connectivity index (χ0v) is 16.4. The van der Waals surface area contributed by atoms with Crippen molar-refractivity contribution in [2.24, 2.45) is 0 Å². The molecule has 0 spiro atoms. The fourth-order valence-corrected chi connectivity index (χ4v) is 3.40. The first-order valence-corrected chi connectivity index (χ1v) is 9.82. The molecule has 0 radical (unpaired) electrons. The van der Waals surface area contributed by atoms with Crippen LogP contribution in [0.1, 0.15) is 15.9 Å². The van der Waals surface area contributed by atoms with Crippen molar-refractivity contribution >= 4 is 23.3 Å². The van der Waals surface area contributed by atoms with E-state index in [0.29, 0.717) is 43.8 Å². The zero-order chi connectivity index (χ0) is 20.9. The number of anilines is 1. The van der Waals surface area contributed by atoms with Gasteiger partial charge in [0.2, 0.25) is 5.91 Å². The van der Waals surface area contributed by atoms with Crippen molar-refractivity contribution in [1.82, 2.24) is 30.0 Å². The fourth-order valence-electron chi connectivity index (χ4n) is 3.40. The molecular formula is C20H23N7O3. The Balaban J connectivity index is 1.30. The topological polar surface area (TPSA) is 116 Å². The number of benzene rings is 1. The number of carbonyl (C=O) groups excluding carboxylic acids is 2. The van der Waals surface area contributed by atoms with Gasteiger partial charge in [-0.15, -0.1) is 15.3 Å². The molecule has 3 aromatic rings. The molecule has 2 aromatic heterocycles. The van der Waals surface area contributed by atoms with Gasteiger partial charge in [0.25, 0.3) is 5.91 Å². The summed E-state index contributed by atoms with van der Waals surface area (Å²) in [7, 11) is 0. The number of aromatic nitrogens is 4. The van der Waals surface area contributed by atoms with Gasteiger partial charge in [-0.2, -0.15) is 4.52 Å². The number of nitrogens with zero attached hydrogens (tertiary/aromatic N) is 6. The maximum absolute atomic E-state index is 12.7. The van der Waals surface area contributed by atoms with Crippen LogP contribution in [0, 0.1) is 0 Å². The minimum atomic E-state index is -0.240. The molecule has 30 heavy (non-hydrogen) atoms. The van der Waals surface area contributed by atoms with Crippen molar-refractivity contribution in [3.8, 4) is 0 Å². The number of carbonyl (C=O) groups is 2. The first-order valence-electron chi connectivity index (χ1n) is 9.82. The second-order valence-electron chi connectivity index (χ2n) is 7.05. The highest BCUT2D eigenvalue weighted by Crippen LogP contribution is 2.15. The lowest BCUT2D eigenvalue weighted by Gasteiger charge is -2.35. The summed E-state index contributed by atoms with van der Waals surface area (Å²) >= 11 is 0. The molecule has 156 valence electrons. The van der Waals surface area contributed by atoms with E-state index < -0.39 is 0 Å². The maximum atomic E-state index is 12.7. The van der Waals surface area contributed by atoms with Crippen LogP contribution >= 0.6 is 0 Å². The molecule has 0 atom stereocenters. The lowest BCUT2D eigenvalue weighted by molar-refractivity contribution is -0.130. The van der Waals surface area contributed by atoms with Crippen molar-refractivity contribution < 1.29 is 14.7 Å². The van der Waals surface area contributed by atoms with Crippen LogP contribution < -0.4 is 10.2 Å². The summed E-state index contributed by atoms with van der Waals surface area (Å²) in [5, 5.41) is 23.7. The normalized spacial score (nSPS) is 14.2. The van der Waals surface area contributed by atoms with Crippen LogP contribution in [0.25, 0.3) is 5.65 Å². The van der Waals surface area contributed by atoms with Gasteiger partial charge in [-0.25, -0.2) is 0 Å². The molecule has 1 fully saturated rings. The highest BCUT2D eigenvalue weighted by molar-refractivity contribution is 5.94. The molecule has 1 aromatic carbocycles. The number of fused-ring (bicyclic) bond motifs is 1. The van der Waals surface area contributed by atoms with E-state index >= 15 is 0 Å². The Hall–Kier alpha value is -3.53. The molecule has 2 amide bonds. The van der Waals surface area contributed by atoms with E-state index in [1.165, 1.54) is 0 Å². The number of amides is 2. The smallest absolute Gasteiger partial charge is 0.251 e. The second-order valence-corrected chi connectivity index (χ2v) is 7.05. The SMILES string of the molecule is O=C(NCCO)c1ccc(CC(=O)N2CCN(c3ccc4nncn4n3)CC2)cc1. The highest BCUT2D eigenvalue weighted by Gasteiger charge is 2.22. The van der Waals surface area contributed by atoms with E-state index in [4.69, 9.17) is 5.11 Å². The van der Waals surface area contributed by atoms with Crippen molar-refractivity contribution in [2.75, 3.05) is 44.2 Å². The number of piperazine rings is 1. The fraction of sp³-hybridized carbons (Fsp3) is 0.350. The predicted octanol–water partition coefficient (Wildman–Crippen LogP) is -0.262. The van der Waals surface area contributed by atoms with Crippen LogP contribution in [0.15, 0.2) is 42.7 Å². The number of aliphatic hydroxyl groups is 1. The Morgan fingerprint density at radius 2 is 1.80 bits per heavy atom. The summed E-state index contributed by atoms with van der Waals surface area (Å²) in [4.78, 5) is 28.5. The van der Waals surface area contributed by atoms with Gasteiger partial charge in [0.05, 0.1) is 13.0 Å². The Morgan fingerprint density at radius 1 is 1.03 bits per heavy atom. The standard InChI is InChI=1S/C20H23N7O3/c28-12-7-21-20(30)16-3-1-15(2-4-16)13-19(29)26-10-8-25(9-11-26)18-6-5-17-23-22-14-27(17)24-18/h1-6,14,28H,7-13H2,(H,21,30). The van der Waals surface area contributed by atoms with Crippen LogP contribution in [0.3, 0.4) is 0 Å². The van der Waals surface area contributed by atoms with Gasteiger partial charge in [0, 0.05) is 38.3 Å². The van der Waals surface area contributed by atoms with Gasteiger partial charge in [0.1, 0.15) is 12.1 Å². The average molecular weight is 409 g/mol. The molecule has 0 bridgehead atoms. The summed E-state index contributed by atoms with van der Waals surface area (Å²) in [5.41, 5.74) is 2.07. The molecule has 3 heterocycles. The van der Waals surface area contributed by atoms with E-state index in [1.54, 1.807) is 35.1 Å². The van der Waals surface area contributed by atoms with E-state index in [-0.39, 0.29) is 25.0 Å². The molecule has 10 nitrogen and oxygen atoms in total. The van der Waals surface area contributed by atoms with Gasteiger partial charge < -0.3 is 20.2 Å². The Kier molecular flexibility index (Phi) is 5.84. The van der Waals surface area contributed by atoms with Crippen LogP contribution in [-0.4, -0.2) is 81.0 Å². The third kappa shape index (κ3) is 4.38. The van der Waals surface area contributed by atoms with E-state index in [1.807, 2.05) is 17.0 Å². The Bertz CT molecular complexity index is 1030. The Labute approximate surface area is 173 Å². The summed E-state index contributed by atoms with van der Waals surface area (Å²) in [6, 6.07) is 10.8. The molecule has 1 saturated heterocycles. The average Bonchev–Trinajstić information content (AvgIpc) is 3.26. The molecule has 1 aliphatic heterocycles. The van der Waals surface area contributed by atoms with Crippen LogP contribution in [0.2, 0.25) is 0 Å². The molecule has 10 heteroatoms. The second kappa shape index (κ2) is 8.87. The van der Waals surface area contributed by atoms with Crippen LogP contribution in [0.4, 0.5) is 5.82 Å². The third-order valence-corrected chi connectivity index (χ3v) is 5.07. The van der Waals surface area contributed by atoms with E-state index in [0.717, 1.165) is 11.4 Å². The number of hydrogen-bond acceptors (Lipinski definition) is 7. The molecule has 0 aliphatic carbocycles. The minimum Gasteiger partial charge on any atom is -0.395 e. The zero-order valence-electron chi connectivity index (χ0n) is 16.4. The summed E-state index contributed by atoms with van der Waals surface area (Å²) in [6.07, 6.45) is 1.86. The van der Waals surface area contributed by atoms with Gasteiger partial charge >= 0.3 is 0 Å². The van der Waals surface area contributed by atoms with Crippen molar-refractivity contribution in [3.05, 3.63) is 53.9 Å². The van der Waals surface area contributed by atoms with E-state index in [2.05, 4.69) is 25.5 Å². The largest absolute Gasteiger partial charge is 0.395 e. The van der Waals surface area contributed by atoms with Crippen molar-refractivity contribution in [1.29, 1.82) is 0 Å². The van der Waals surface area contributed by atoms with Crippen LogP contribution in [-0.2, 0) is 11.2 Å². The number of hydrogen-bond donors (Lipinski definition) is 2. The summed E-state index contributed by atoms with van der Waals surface area (Å²) in [6.45, 7) is 2.78. The molecule has 1 aliphatic rings. The maximum Gasteiger partial charge on any atom is 0.251 e. The van der Waals surface area contributed by atoms with Gasteiger partial charge in [-0.3, -0.25) is 9.59 Å². The van der Waals surface area contributed by atoms with Gasteiger partial charge in [-0.1, -0.05) is 12.1 Å². The first kappa shape index (κ1) is 19.8. The molecule has 2 N–H and O–H groups in total. The van der Waals surface area contributed by atoms with E-state index in [9.17, 15) is 9.59 Å². The van der Waals surface area contributed by atoms with Gasteiger partial charge in [-0.05, 0) is 29.8 Å². The minimum absolute atomic E-state index is 0.0642. The van der Waals surface area contributed by atoms with Crippen LogP contribution in [0.5, 0.6) is 0 Å². The summed E-state index contributed by atoms with van der Waals surface area (Å²) in [5.74, 6) is 0.662. The molecule has 0 unspecified atom stereocenters. The van der Waals surface area contributed by atoms with Gasteiger partial charge in [0.15, 0.2) is 5.65 Å². The molecular weight excluding hydrogens is 386 g/mol. The first-order chi connectivity index (χ1) is 14.6. The lowest BCUT2D eigenvalue weighted by atomic mass is 10.1. The Morgan fingerprint density at radius 3 is 2.53 bits per heavy atom.